The van der Waals surface area contributed by atoms with E-state index >= 15 is 0 Å². The minimum absolute atomic E-state index is 1.16. The van der Waals surface area contributed by atoms with Crippen LogP contribution in [0.15, 0.2) is 231 Å². The SMILES string of the molecule is c1ccc(-c2ccc3c(c2)c2cc(-c4ccc(-c5ccc6c(c5)c5ccccc5n6-c5ccc6c7ccccc7c7ccccc7c6c5)cc4)ccc2n3-c2ccccc2)cc1. The molecular weight excluding hydrogens is 749 g/mol. The van der Waals surface area contributed by atoms with Gasteiger partial charge in [-0.3, -0.25) is 0 Å². The Hall–Kier alpha value is -8.20. The van der Waals surface area contributed by atoms with E-state index in [0.717, 1.165) is 5.69 Å². The Morgan fingerprint density at radius 3 is 1.06 bits per heavy atom. The molecule has 13 aromatic rings. The summed E-state index contributed by atoms with van der Waals surface area (Å²) in [6.45, 7) is 0. The Bertz CT molecular complexity index is 3850. The van der Waals surface area contributed by atoms with Crippen LogP contribution in [0.3, 0.4) is 0 Å². The van der Waals surface area contributed by atoms with E-state index in [1.54, 1.807) is 0 Å². The summed E-state index contributed by atoms with van der Waals surface area (Å²) in [7, 11) is 0. The Kier molecular flexibility index (Phi) is 7.64. The van der Waals surface area contributed by atoms with Gasteiger partial charge in [0.25, 0.3) is 0 Å². The van der Waals surface area contributed by atoms with E-state index in [1.165, 1.54) is 115 Å². The molecule has 2 heteroatoms. The summed E-state index contributed by atoms with van der Waals surface area (Å²) in [5.74, 6) is 0. The van der Waals surface area contributed by atoms with Crippen molar-refractivity contribution in [2.24, 2.45) is 0 Å². The lowest BCUT2D eigenvalue weighted by Crippen LogP contribution is -1.94. The molecule has 2 nitrogen and oxygen atoms in total. The quantitative estimate of drug-likeness (QED) is 0.154. The molecule has 0 aliphatic rings. The average molecular weight is 787 g/mol. The van der Waals surface area contributed by atoms with Crippen molar-refractivity contribution < 1.29 is 0 Å². The number of para-hydroxylation sites is 2. The molecule has 0 bridgehead atoms. The molecule has 0 saturated heterocycles. The van der Waals surface area contributed by atoms with Gasteiger partial charge < -0.3 is 9.13 Å². The maximum Gasteiger partial charge on any atom is 0.0541 e. The second kappa shape index (κ2) is 13.7. The van der Waals surface area contributed by atoms with Gasteiger partial charge in [-0.05, 0) is 132 Å². The van der Waals surface area contributed by atoms with Gasteiger partial charge in [-0.1, -0.05) is 164 Å². The third kappa shape index (κ3) is 5.30. The normalized spacial score (nSPS) is 11.9. The first-order valence-electron chi connectivity index (χ1n) is 21.4. The third-order valence-corrected chi connectivity index (χ3v) is 13.1. The highest BCUT2D eigenvalue weighted by atomic mass is 15.0. The molecule has 0 fully saturated rings. The van der Waals surface area contributed by atoms with Crippen molar-refractivity contribution in [3.8, 4) is 44.8 Å². The van der Waals surface area contributed by atoms with Gasteiger partial charge in [0.05, 0.1) is 22.1 Å². The standard InChI is InChI=1S/C60H38N2/c1-3-13-39(14-4-1)42-27-33-59-55(36-42)56-37-44(29-34-60(56)61(59)45-15-5-2-6-16-45)41-25-23-40(24-26-41)43-28-32-58-54(35-43)52-21-11-12-22-57(52)62(58)46-30-31-51-49-19-8-7-17-47(49)48-18-9-10-20-50(48)53(51)38-46/h1-38H. The topological polar surface area (TPSA) is 9.86 Å². The molecule has 2 heterocycles. The highest BCUT2D eigenvalue weighted by Gasteiger charge is 2.17. The molecule has 0 unspecified atom stereocenters. The van der Waals surface area contributed by atoms with Crippen LogP contribution in [-0.2, 0) is 0 Å². The number of hydrogen-bond donors (Lipinski definition) is 0. The predicted molar refractivity (Wildman–Crippen MR) is 264 cm³/mol. The van der Waals surface area contributed by atoms with E-state index in [9.17, 15) is 0 Å². The minimum atomic E-state index is 1.16. The fraction of sp³-hybridized carbons (Fsp3) is 0. The first-order chi connectivity index (χ1) is 30.7. The fourth-order valence-electron chi connectivity index (χ4n) is 10.2. The van der Waals surface area contributed by atoms with Crippen LogP contribution in [0.1, 0.15) is 0 Å². The molecule has 0 amide bonds. The minimum Gasteiger partial charge on any atom is -0.309 e. The van der Waals surface area contributed by atoms with Crippen molar-refractivity contribution >= 4 is 75.9 Å². The second-order valence-electron chi connectivity index (χ2n) is 16.5. The zero-order chi connectivity index (χ0) is 40.7. The molecule has 13 rings (SSSR count). The monoisotopic (exact) mass is 786 g/mol. The summed E-state index contributed by atoms with van der Waals surface area (Å²) < 4.78 is 4.83. The van der Waals surface area contributed by atoms with E-state index in [-0.39, 0.29) is 0 Å². The average Bonchev–Trinajstić information content (AvgIpc) is 3.86. The van der Waals surface area contributed by atoms with Crippen LogP contribution in [0.4, 0.5) is 0 Å². The van der Waals surface area contributed by atoms with Crippen molar-refractivity contribution in [2.75, 3.05) is 0 Å². The molecule has 0 aliphatic carbocycles. The largest absolute Gasteiger partial charge is 0.309 e. The Labute approximate surface area is 358 Å². The van der Waals surface area contributed by atoms with E-state index in [1.807, 2.05) is 0 Å². The van der Waals surface area contributed by atoms with Crippen LogP contribution in [0.2, 0.25) is 0 Å². The highest BCUT2D eigenvalue weighted by Crippen LogP contribution is 2.41. The van der Waals surface area contributed by atoms with Gasteiger partial charge in [0.2, 0.25) is 0 Å². The lowest BCUT2D eigenvalue weighted by molar-refractivity contribution is 1.18. The Morgan fingerprint density at radius 2 is 0.532 bits per heavy atom. The fourth-order valence-corrected chi connectivity index (χ4v) is 10.2. The zero-order valence-corrected chi connectivity index (χ0v) is 33.8. The molecule has 0 radical (unpaired) electrons. The van der Waals surface area contributed by atoms with Crippen LogP contribution in [-0.4, -0.2) is 9.13 Å². The maximum absolute atomic E-state index is 2.44. The van der Waals surface area contributed by atoms with Gasteiger partial charge in [-0.15, -0.1) is 0 Å². The van der Waals surface area contributed by atoms with Crippen molar-refractivity contribution in [1.82, 2.24) is 9.13 Å². The van der Waals surface area contributed by atoms with Crippen LogP contribution in [0, 0.1) is 0 Å². The van der Waals surface area contributed by atoms with Crippen LogP contribution in [0.25, 0.3) is 121 Å². The summed E-state index contributed by atoms with van der Waals surface area (Å²) in [4.78, 5) is 0. The van der Waals surface area contributed by atoms with E-state index in [0.29, 0.717) is 0 Å². The number of nitrogens with zero attached hydrogens (tertiary/aromatic N) is 2. The summed E-state index contributed by atoms with van der Waals surface area (Å²) >= 11 is 0. The second-order valence-corrected chi connectivity index (χ2v) is 16.5. The molecule has 62 heavy (non-hydrogen) atoms. The van der Waals surface area contributed by atoms with E-state index < -0.39 is 0 Å². The Balaban J connectivity index is 0.907. The third-order valence-electron chi connectivity index (χ3n) is 13.1. The molecule has 288 valence electrons. The predicted octanol–water partition coefficient (Wildman–Crippen LogP) is 16.3. The molecule has 0 atom stereocenters. The molecule has 0 aliphatic heterocycles. The first kappa shape index (κ1) is 34.6. The van der Waals surface area contributed by atoms with Gasteiger partial charge in [-0.2, -0.15) is 0 Å². The van der Waals surface area contributed by atoms with Crippen LogP contribution in [0.5, 0.6) is 0 Å². The number of benzene rings is 11. The molecule has 2 aromatic heterocycles. The van der Waals surface area contributed by atoms with Crippen LogP contribution < -0.4 is 0 Å². The number of aromatic nitrogens is 2. The zero-order valence-electron chi connectivity index (χ0n) is 33.8. The van der Waals surface area contributed by atoms with Gasteiger partial charge in [0.1, 0.15) is 0 Å². The van der Waals surface area contributed by atoms with E-state index in [4.69, 9.17) is 0 Å². The van der Waals surface area contributed by atoms with Crippen molar-refractivity contribution in [3.05, 3.63) is 231 Å². The summed E-state index contributed by atoms with van der Waals surface area (Å²) in [6.07, 6.45) is 0. The summed E-state index contributed by atoms with van der Waals surface area (Å²) in [5.41, 5.74) is 14.4. The molecular formula is C60H38N2. The van der Waals surface area contributed by atoms with Gasteiger partial charge in [-0.25, -0.2) is 0 Å². The maximum atomic E-state index is 2.44. The van der Waals surface area contributed by atoms with Crippen molar-refractivity contribution in [1.29, 1.82) is 0 Å². The summed E-state index contributed by atoms with van der Waals surface area (Å²) in [5, 5.41) is 12.7. The van der Waals surface area contributed by atoms with Crippen molar-refractivity contribution in [3.63, 3.8) is 0 Å². The summed E-state index contributed by atoms with van der Waals surface area (Å²) in [6, 6.07) is 84.7. The van der Waals surface area contributed by atoms with E-state index in [2.05, 4.69) is 240 Å². The van der Waals surface area contributed by atoms with Crippen LogP contribution >= 0.6 is 0 Å². The van der Waals surface area contributed by atoms with Gasteiger partial charge in [0, 0.05) is 32.9 Å². The molecule has 11 aromatic carbocycles. The lowest BCUT2D eigenvalue weighted by atomic mass is 9.94. The Morgan fingerprint density at radius 1 is 0.177 bits per heavy atom. The van der Waals surface area contributed by atoms with Gasteiger partial charge in [0.15, 0.2) is 0 Å². The first-order valence-corrected chi connectivity index (χ1v) is 21.4. The highest BCUT2D eigenvalue weighted by molar-refractivity contribution is 6.25. The number of hydrogen-bond acceptors (Lipinski definition) is 0. The smallest absolute Gasteiger partial charge is 0.0541 e. The number of rotatable bonds is 5. The molecule has 0 saturated carbocycles. The molecule has 0 N–H and O–H groups in total. The lowest BCUT2D eigenvalue weighted by Gasteiger charge is -2.14. The van der Waals surface area contributed by atoms with Crippen molar-refractivity contribution in [2.45, 2.75) is 0 Å². The van der Waals surface area contributed by atoms with Gasteiger partial charge >= 0.3 is 0 Å². The molecule has 0 spiro atoms. The number of fused-ring (bicyclic) bond motifs is 12.